The van der Waals surface area contributed by atoms with Gasteiger partial charge in [0, 0.05) is 31.7 Å². The van der Waals surface area contributed by atoms with Gasteiger partial charge in [-0.2, -0.15) is 13.2 Å². The van der Waals surface area contributed by atoms with Crippen molar-refractivity contribution in [2.45, 2.75) is 32.4 Å². The molecule has 0 aromatic heterocycles. The van der Waals surface area contributed by atoms with Crippen LogP contribution in [0.15, 0.2) is 42.5 Å². The van der Waals surface area contributed by atoms with Crippen molar-refractivity contribution in [2.24, 2.45) is 5.92 Å². The fourth-order valence-corrected chi connectivity index (χ4v) is 4.14. The van der Waals surface area contributed by atoms with Crippen molar-refractivity contribution >= 4 is 28.9 Å². The lowest BCUT2D eigenvalue weighted by Crippen LogP contribution is -2.29. The van der Waals surface area contributed by atoms with Gasteiger partial charge in [0.1, 0.15) is 0 Å². The first-order chi connectivity index (χ1) is 14.7. The molecule has 0 spiro atoms. The van der Waals surface area contributed by atoms with Crippen LogP contribution in [0.3, 0.4) is 0 Å². The maximum atomic E-state index is 13.3. The zero-order chi connectivity index (χ0) is 22.2. The Labute approximate surface area is 178 Å². The smallest absolute Gasteiger partial charge is 0.370 e. The molecule has 2 aliphatic rings. The van der Waals surface area contributed by atoms with E-state index in [2.05, 4.69) is 5.32 Å². The van der Waals surface area contributed by atoms with E-state index in [4.69, 9.17) is 0 Å². The molecule has 2 amide bonds. The highest BCUT2D eigenvalue weighted by atomic mass is 19.4. The van der Waals surface area contributed by atoms with Gasteiger partial charge in [-0.25, -0.2) is 0 Å². The third kappa shape index (κ3) is 4.52. The first kappa shape index (κ1) is 21.2. The molecule has 2 fully saturated rings. The number of amides is 2. The summed E-state index contributed by atoms with van der Waals surface area (Å²) < 4.78 is 39.8. The summed E-state index contributed by atoms with van der Waals surface area (Å²) in [7, 11) is 0. The Hall–Kier alpha value is -3.03. The van der Waals surface area contributed by atoms with E-state index in [1.165, 1.54) is 6.07 Å². The molecule has 8 heteroatoms. The van der Waals surface area contributed by atoms with E-state index in [1.54, 1.807) is 4.90 Å². The zero-order valence-electron chi connectivity index (χ0n) is 17.2. The Kier molecular flexibility index (Phi) is 5.64. The van der Waals surface area contributed by atoms with E-state index >= 15 is 0 Å². The maximum absolute atomic E-state index is 13.3. The lowest BCUT2D eigenvalue weighted by atomic mass is 10.1. The van der Waals surface area contributed by atoms with E-state index in [-0.39, 0.29) is 24.6 Å². The van der Waals surface area contributed by atoms with E-state index in [0.29, 0.717) is 11.4 Å². The second-order valence-corrected chi connectivity index (χ2v) is 8.15. The molecule has 2 aromatic carbocycles. The summed E-state index contributed by atoms with van der Waals surface area (Å²) >= 11 is 0. The molecule has 2 aromatic rings. The summed E-state index contributed by atoms with van der Waals surface area (Å²) in [5.74, 6) is -1.25. The molecule has 31 heavy (non-hydrogen) atoms. The topological polar surface area (TPSA) is 52.7 Å². The van der Waals surface area contributed by atoms with Crippen molar-refractivity contribution in [2.75, 3.05) is 34.8 Å². The van der Waals surface area contributed by atoms with Crippen molar-refractivity contribution in [3.8, 4) is 0 Å². The second kappa shape index (κ2) is 8.24. The van der Waals surface area contributed by atoms with E-state index in [0.717, 1.165) is 43.6 Å². The molecule has 5 nitrogen and oxygen atoms in total. The Morgan fingerprint density at radius 1 is 1.06 bits per heavy atom. The molecular formula is C23H24F3N3O2. The summed E-state index contributed by atoms with van der Waals surface area (Å²) in [6, 6.07) is 10.9. The predicted molar refractivity (Wildman–Crippen MR) is 113 cm³/mol. The minimum atomic E-state index is -4.51. The van der Waals surface area contributed by atoms with Gasteiger partial charge in [-0.15, -0.1) is 0 Å². The van der Waals surface area contributed by atoms with Crippen LogP contribution in [0.1, 0.15) is 30.4 Å². The average molecular weight is 431 g/mol. The largest absolute Gasteiger partial charge is 0.416 e. The summed E-state index contributed by atoms with van der Waals surface area (Å²) in [6.45, 7) is 3.61. The van der Waals surface area contributed by atoms with Gasteiger partial charge in [0.15, 0.2) is 0 Å². The molecule has 0 saturated carbocycles. The summed E-state index contributed by atoms with van der Waals surface area (Å²) in [5.41, 5.74) is 1.68. The molecule has 0 unspecified atom stereocenters. The molecule has 0 aliphatic carbocycles. The van der Waals surface area contributed by atoms with Gasteiger partial charge < -0.3 is 15.1 Å². The van der Waals surface area contributed by atoms with Gasteiger partial charge in [0.05, 0.1) is 22.9 Å². The first-order valence-corrected chi connectivity index (χ1v) is 10.4. The number of rotatable bonds is 4. The van der Waals surface area contributed by atoms with Gasteiger partial charge >= 0.3 is 6.18 Å². The highest BCUT2D eigenvalue weighted by Crippen LogP contribution is 2.37. The quantitative estimate of drug-likeness (QED) is 0.770. The molecule has 2 saturated heterocycles. The first-order valence-electron chi connectivity index (χ1n) is 10.4. The van der Waals surface area contributed by atoms with E-state index < -0.39 is 23.6 Å². The monoisotopic (exact) mass is 431 g/mol. The zero-order valence-corrected chi connectivity index (χ0v) is 17.2. The Bertz CT molecular complexity index is 983. The van der Waals surface area contributed by atoms with Crippen LogP contribution in [0, 0.1) is 12.8 Å². The third-order valence-electron chi connectivity index (χ3n) is 5.87. The predicted octanol–water partition coefficient (Wildman–Crippen LogP) is 4.61. The van der Waals surface area contributed by atoms with Crippen LogP contribution in [0.4, 0.5) is 30.2 Å². The van der Waals surface area contributed by atoms with Crippen LogP contribution < -0.4 is 15.1 Å². The Morgan fingerprint density at radius 3 is 2.39 bits per heavy atom. The summed E-state index contributed by atoms with van der Waals surface area (Å²) in [5, 5.41) is 2.68. The fraction of sp³-hybridized carbons (Fsp3) is 0.391. The molecular weight excluding hydrogens is 407 g/mol. The van der Waals surface area contributed by atoms with Crippen LogP contribution in [0.25, 0.3) is 0 Å². The molecule has 4 rings (SSSR count). The van der Waals surface area contributed by atoms with E-state index in [1.807, 2.05) is 36.1 Å². The number of anilines is 3. The normalized spacial score (nSPS) is 19.2. The number of nitrogens with one attached hydrogen (secondary N) is 1. The third-order valence-corrected chi connectivity index (χ3v) is 5.87. The highest BCUT2D eigenvalue weighted by Gasteiger charge is 2.36. The van der Waals surface area contributed by atoms with E-state index in [9.17, 15) is 22.8 Å². The van der Waals surface area contributed by atoms with Crippen molar-refractivity contribution in [3.63, 3.8) is 0 Å². The van der Waals surface area contributed by atoms with Gasteiger partial charge in [-0.3, -0.25) is 9.59 Å². The Balaban J connectivity index is 1.54. The van der Waals surface area contributed by atoms with Crippen molar-refractivity contribution < 1.29 is 22.8 Å². The number of nitrogens with zero attached hydrogens (tertiary/aromatic N) is 2. The number of carbonyl (C=O) groups is 2. The Morgan fingerprint density at radius 2 is 1.74 bits per heavy atom. The number of alkyl halides is 3. The van der Waals surface area contributed by atoms with Crippen LogP contribution >= 0.6 is 0 Å². The number of aryl methyl sites for hydroxylation is 1. The molecule has 2 aliphatic heterocycles. The number of hydrogen-bond acceptors (Lipinski definition) is 3. The fourth-order valence-electron chi connectivity index (χ4n) is 4.14. The van der Waals surface area contributed by atoms with Crippen molar-refractivity contribution in [1.82, 2.24) is 0 Å². The van der Waals surface area contributed by atoms with Crippen molar-refractivity contribution in [1.29, 1.82) is 0 Å². The summed E-state index contributed by atoms with van der Waals surface area (Å²) in [6.07, 6.45) is -2.57. The minimum absolute atomic E-state index is 0.0255. The van der Waals surface area contributed by atoms with Crippen molar-refractivity contribution in [3.05, 3.63) is 53.6 Å². The number of carbonyl (C=O) groups excluding carboxylic acids is 2. The average Bonchev–Trinajstić information content (AvgIpc) is 3.38. The van der Waals surface area contributed by atoms with Crippen LogP contribution in [0.2, 0.25) is 0 Å². The van der Waals surface area contributed by atoms with Crippen LogP contribution in [0.5, 0.6) is 0 Å². The molecule has 2 heterocycles. The number of hydrogen-bond donors (Lipinski definition) is 1. The highest BCUT2D eigenvalue weighted by molar-refractivity contribution is 6.04. The van der Waals surface area contributed by atoms with Gasteiger partial charge in [0.25, 0.3) is 0 Å². The van der Waals surface area contributed by atoms with Crippen LogP contribution in [-0.4, -0.2) is 31.4 Å². The molecule has 164 valence electrons. The second-order valence-electron chi connectivity index (χ2n) is 8.15. The van der Waals surface area contributed by atoms with Gasteiger partial charge in [-0.05, 0) is 50.1 Å². The number of benzene rings is 2. The van der Waals surface area contributed by atoms with Crippen LogP contribution in [-0.2, 0) is 15.8 Å². The minimum Gasteiger partial charge on any atom is -0.370 e. The standard InChI is InChI=1S/C23H24F3N3O2/c1-15-4-7-18(8-5-15)29-14-16(12-21(29)30)22(31)27-19-13-17(23(24,25)26)6-9-20(19)28-10-2-3-11-28/h4-9,13,16H,2-3,10-12,14H2,1H3,(H,27,31)/t16-/m0/s1. The lowest BCUT2D eigenvalue weighted by molar-refractivity contribution is -0.137. The molecule has 1 N–H and O–H groups in total. The molecule has 0 radical (unpaired) electrons. The van der Waals surface area contributed by atoms with Gasteiger partial charge in [-0.1, -0.05) is 17.7 Å². The lowest BCUT2D eigenvalue weighted by Gasteiger charge is -2.23. The molecule has 1 atom stereocenters. The van der Waals surface area contributed by atoms with Gasteiger partial charge in [0.2, 0.25) is 11.8 Å². The SMILES string of the molecule is Cc1ccc(N2C[C@@H](C(=O)Nc3cc(C(F)(F)F)ccc3N3CCCC3)CC2=O)cc1. The molecule has 0 bridgehead atoms. The maximum Gasteiger partial charge on any atom is 0.416 e. The number of halogens is 3. The summed E-state index contributed by atoms with van der Waals surface area (Å²) in [4.78, 5) is 28.9.